The van der Waals surface area contributed by atoms with Crippen molar-refractivity contribution in [3.05, 3.63) is 75.3 Å². The van der Waals surface area contributed by atoms with E-state index < -0.39 is 29.6 Å². The largest absolute Gasteiger partial charge is 0.394 e. The maximum atomic E-state index is 12.2. The van der Waals surface area contributed by atoms with Crippen molar-refractivity contribution in [3.63, 3.8) is 0 Å². The van der Waals surface area contributed by atoms with Crippen LogP contribution in [-0.2, 0) is 0 Å². The van der Waals surface area contributed by atoms with Crippen LogP contribution in [0.25, 0.3) is 0 Å². The monoisotopic (exact) mass is 330 g/mol. The van der Waals surface area contributed by atoms with Gasteiger partial charge in [-0.25, -0.2) is 0 Å². The minimum absolute atomic E-state index is 0.102. The minimum atomic E-state index is -1.19. The number of nitro benzene ring substituents is 1. The van der Waals surface area contributed by atoms with Crippen molar-refractivity contribution in [2.45, 2.75) is 19.1 Å². The SMILES string of the molecule is Cc1ccc(C(=O)N[C@H](CO)[C@@H](O)c2ccc([N+](=O)[O-])cc2)cc1. The summed E-state index contributed by atoms with van der Waals surface area (Å²) in [4.78, 5) is 22.3. The van der Waals surface area contributed by atoms with Gasteiger partial charge >= 0.3 is 0 Å². The second-order valence-electron chi connectivity index (χ2n) is 5.42. The van der Waals surface area contributed by atoms with Crippen LogP contribution in [-0.4, -0.2) is 33.7 Å². The molecule has 0 spiro atoms. The van der Waals surface area contributed by atoms with Crippen LogP contribution >= 0.6 is 0 Å². The molecule has 0 fully saturated rings. The average Bonchev–Trinajstić information content (AvgIpc) is 2.59. The Kier molecular flexibility index (Phi) is 5.62. The highest BCUT2D eigenvalue weighted by Crippen LogP contribution is 2.20. The fourth-order valence-corrected chi connectivity index (χ4v) is 2.21. The van der Waals surface area contributed by atoms with Gasteiger partial charge in [0, 0.05) is 17.7 Å². The lowest BCUT2D eigenvalue weighted by atomic mass is 10.0. The van der Waals surface area contributed by atoms with Gasteiger partial charge in [0.2, 0.25) is 0 Å². The number of benzene rings is 2. The molecule has 126 valence electrons. The van der Waals surface area contributed by atoms with Gasteiger partial charge in [-0.3, -0.25) is 14.9 Å². The van der Waals surface area contributed by atoms with Gasteiger partial charge in [0.25, 0.3) is 11.6 Å². The predicted octanol–water partition coefficient (Wildman–Crippen LogP) is 1.73. The molecule has 24 heavy (non-hydrogen) atoms. The molecule has 7 heteroatoms. The third kappa shape index (κ3) is 4.15. The quantitative estimate of drug-likeness (QED) is 0.551. The molecule has 0 heterocycles. The molecule has 0 saturated heterocycles. The molecule has 7 nitrogen and oxygen atoms in total. The molecule has 0 aliphatic rings. The van der Waals surface area contributed by atoms with Gasteiger partial charge in [0.1, 0.15) is 6.10 Å². The number of rotatable bonds is 6. The summed E-state index contributed by atoms with van der Waals surface area (Å²) < 4.78 is 0. The molecule has 3 N–H and O–H groups in total. The van der Waals surface area contributed by atoms with Crippen molar-refractivity contribution in [1.29, 1.82) is 0 Å². The number of nitro groups is 1. The molecule has 0 aliphatic heterocycles. The van der Waals surface area contributed by atoms with E-state index in [1.807, 2.05) is 6.92 Å². The third-order valence-corrected chi connectivity index (χ3v) is 3.65. The molecule has 0 radical (unpaired) electrons. The first-order chi connectivity index (χ1) is 11.4. The number of aryl methyl sites for hydroxylation is 1. The number of aliphatic hydroxyl groups excluding tert-OH is 2. The van der Waals surface area contributed by atoms with E-state index in [9.17, 15) is 25.1 Å². The van der Waals surface area contributed by atoms with Gasteiger partial charge < -0.3 is 15.5 Å². The second-order valence-corrected chi connectivity index (χ2v) is 5.42. The van der Waals surface area contributed by atoms with Gasteiger partial charge in [-0.05, 0) is 36.8 Å². The molecule has 1 amide bonds. The van der Waals surface area contributed by atoms with E-state index in [1.54, 1.807) is 24.3 Å². The van der Waals surface area contributed by atoms with Crippen LogP contribution in [0.3, 0.4) is 0 Å². The molecule has 0 saturated carbocycles. The Morgan fingerprint density at radius 3 is 2.25 bits per heavy atom. The van der Waals surface area contributed by atoms with E-state index in [2.05, 4.69) is 5.32 Å². The van der Waals surface area contributed by atoms with E-state index in [4.69, 9.17) is 0 Å². The molecule has 0 aliphatic carbocycles. The van der Waals surface area contributed by atoms with Gasteiger partial charge in [0.15, 0.2) is 0 Å². The molecule has 0 unspecified atom stereocenters. The first-order valence-corrected chi connectivity index (χ1v) is 7.33. The maximum absolute atomic E-state index is 12.2. The summed E-state index contributed by atoms with van der Waals surface area (Å²) in [5.41, 5.74) is 1.69. The zero-order chi connectivity index (χ0) is 17.7. The Morgan fingerprint density at radius 2 is 1.75 bits per heavy atom. The highest BCUT2D eigenvalue weighted by molar-refractivity contribution is 5.94. The van der Waals surface area contributed by atoms with Crippen LogP contribution in [0, 0.1) is 17.0 Å². The summed E-state index contributed by atoms with van der Waals surface area (Å²) >= 11 is 0. The number of amides is 1. The molecular weight excluding hydrogens is 312 g/mol. The van der Waals surface area contributed by atoms with Gasteiger partial charge in [-0.2, -0.15) is 0 Å². The molecule has 2 rings (SSSR count). The van der Waals surface area contributed by atoms with Crippen molar-refractivity contribution < 1.29 is 19.9 Å². The number of hydrogen-bond acceptors (Lipinski definition) is 5. The number of nitrogens with one attached hydrogen (secondary N) is 1. The highest BCUT2D eigenvalue weighted by atomic mass is 16.6. The number of carbonyl (C=O) groups is 1. The van der Waals surface area contributed by atoms with Gasteiger partial charge in [0.05, 0.1) is 17.6 Å². The molecule has 2 atom stereocenters. The molecule has 2 aromatic rings. The number of hydrogen-bond donors (Lipinski definition) is 3. The fraction of sp³-hybridized carbons (Fsp3) is 0.235. The first kappa shape index (κ1) is 17.6. The standard InChI is InChI=1S/C17H18N2O5/c1-11-2-4-13(5-3-11)17(22)18-15(10-20)16(21)12-6-8-14(9-7-12)19(23)24/h2-9,15-16,20-21H,10H2,1H3,(H,18,22)/t15-,16+/m1/s1. The van der Waals surface area contributed by atoms with E-state index in [1.165, 1.54) is 24.3 Å². The highest BCUT2D eigenvalue weighted by Gasteiger charge is 2.23. The molecule has 0 aromatic heterocycles. The van der Waals surface area contributed by atoms with Crippen molar-refractivity contribution in [3.8, 4) is 0 Å². The predicted molar refractivity (Wildman–Crippen MR) is 87.6 cm³/mol. The van der Waals surface area contributed by atoms with Crippen LogP contribution in [0.5, 0.6) is 0 Å². The summed E-state index contributed by atoms with van der Waals surface area (Å²) in [6.07, 6.45) is -1.19. The van der Waals surface area contributed by atoms with E-state index in [0.717, 1.165) is 5.56 Å². The Hall–Kier alpha value is -2.77. The average molecular weight is 330 g/mol. The Labute approximate surface area is 138 Å². The van der Waals surface area contributed by atoms with Gasteiger partial charge in [-0.1, -0.05) is 17.7 Å². The van der Waals surface area contributed by atoms with E-state index in [0.29, 0.717) is 11.1 Å². The topological polar surface area (TPSA) is 113 Å². The van der Waals surface area contributed by atoms with Crippen LogP contribution < -0.4 is 5.32 Å². The fourth-order valence-electron chi connectivity index (χ4n) is 2.21. The molecule has 0 bridgehead atoms. The van der Waals surface area contributed by atoms with Crippen LogP contribution in [0.2, 0.25) is 0 Å². The summed E-state index contributed by atoms with van der Waals surface area (Å²) in [5.74, 6) is -0.421. The Morgan fingerprint density at radius 1 is 1.17 bits per heavy atom. The number of non-ortho nitro benzene ring substituents is 1. The molecular formula is C17H18N2O5. The summed E-state index contributed by atoms with van der Waals surface area (Å²) in [5, 5.41) is 33.0. The normalized spacial score (nSPS) is 13.1. The summed E-state index contributed by atoms with van der Waals surface area (Å²) in [6.45, 7) is 1.42. The van der Waals surface area contributed by atoms with Crippen LogP contribution in [0.15, 0.2) is 48.5 Å². The lowest BCUT2D eigenvalue weighted by Crippen LogP contribution is -2.41. The second kappa shape index (κ2) is 7.67. The summed E-state index contributed by atoms with van der Waals surface area (Å²) in [7, 11) is 0. The summed E-state index contributed by atoms with van der Waals surface area (Å²) in [6, 6.07) is 11.2. The maximum Gasteiger partial charge on any atom is 0.269 e. The lowest BCUT2D eigenvalue weighted by Gasteiger charge is -2.22. The minimum Gasteiger partial charge on any atom is -0.394 e. The zero-order valence-electron chi connectivity index (χ0n) is 13.0. The molecule has 2 aromatic carbocycles. The zero-order valence-corrected chi connectivity index (χ0v) is 13.0. The number of carbonyl (C=O) groups excluding carboxylic acids is 1. The van der Waals surface area contributed by atoms with Crippen LogP contribution in [0.1, 0.15) is 27.6 Å². The van der Waals surface area contributed by atoms with Crippen molar-refractivity contribution >= 4 is 11.6 Å². The van der Waals surface area contributed by atoms with Crippen molar-refractivity contribution in [1.82, 2.24) is 5.32 Å². The van der Waals surface area contributed by atoms with E-state index in [-0.39, 0.29) is 5.69 Å². The van der Waals surface area contributed by atoms with E-state index >= 15 is 0 Å². The number of nitrogens with zero attached hydrogens (tertiary/aromatic N) is 1. The Bertz CT molecular complexity index is 713. The lowest BCUT2D eigenvalue weighted by molar-refractivity contribution is -0.384. The van der Waals surface area contributed by atoms with Crippen LogP contribution in [0.4, 0.5) is 5.69 Å². The van der Waals surface area contributed by atoms with Crippen molar-refractivity contribution in [2.24, 2.45) is 0 Å². The van der Waals surface area contributed by atoms with Gasteiger partial charge in [-0.15, -0.1) is 0 Å². The van der Waals surface area contributed by atoms with Crippen molar-refractivity contribution in [2.75, 3.05) is 6.61 Å². The Balaban J connectivity index is 2.10. The smallest absolute Gasteiger partial charge is 0.269 e. The third-order valence-electron chi connectivity index (χ3n) is 3.65. The first-order valence-electron chi connectivity index (χ1n) is 7.33. The number of aliphatic hydroxyl groups is 2.